The zero-order chi connectivity index (χ0) is 25.9. The molecule has 2 aromatic carbocycles. The Kier molecular flexibility index (Phi) is 7.37. The van der Waals surface area contributed by atoms with Crippen LogP contribution in [0.5, 0.6) is 5.75 Å². The van der Waals surface area contributed by atoms with E-state index in [4.69, 9.17) is 4.74 Å². The van der Waals surface area contributed by atoms with Gasteiger partial charge in [0.05, 0.1) is 45.0 Å². The van der Waals surface area contributed by atoms with E-state index in [1.54, 1.807) is 50.7 Å². The monoisotopic (exact) mass is 487 g/mol. The number of aromatic nitrogens is 3. The number of carbonyl (C=O) groups is 1. The highest BCUT2D eigenvalue weighted by atomic mass is 16.5. The number of hydrogen-bond acceptors (Lipinski definition) is 5. The van der Waals surface area contributed by atoms with Gasteiger partial charge in [-0.1, -0.05) is 29.8 Å². The number of quaternary nitrogens is 1. The maximum atomic E-state index is 13.8. The lowest BCUT2D eigenvalue weighted by Crippen LogP contribution is -2.38. The van der Waals surface area contributed by atoms with E-state index in [1.807, 2.05) is 44.2 Å². The third-order valence-electron chi connectivity index (χ3n) is 6.33. The molecule has 0 aliphatic carbocycles. The second-order valence-corrected chi connectivity index (χ2v) is 9.59. The van der Waals surface area contributed by atoms with E-state index in [2.05, 4.69) is 21.2 Å². The van der Waals surface area contributed by atoms with Gasteiger partial charge < -0.3 is 19.5 Å². The number of ether oxygens (including phenoxy) is 1. The van der Waals surface area contributed by atoms with Crippen LogP contribution in [-0.4, -0.2) is 64.9 Å². The molecule has 0 aliphatic heterocycles. The van der Waals surface area contributed by atoms with Crippen molar-refractivity contribution in [2.24, 2.45) is 0 Å². The molecule has 0 saturated carbocycles. The number of fused-ring (bicyclic) bond motifs is 1. The molecule has 8 heteroatoms. The number of aryl methyl sites for hydroxylation is 1. The Morgan fingerprint density at radius 1 is 1.17 bits per heavy atom. The fourth-order valence-corrected chi connectivity index (χ4v) is 4.46. The maximum absolute atomic E-state index is 13.8. The Morgan fingerprint density at radius 3 is 2.69 bits per heavy atom. The normalized spacial score (nSPS) is 12.5. The van der Waals surface area contributed by atoms with Crippen LogP contribution in [0, 0.1) is 12.1 Å². The van der Waals surface area contributed by atoms with Crippen molar-refractivity contribution in [3.63, 3.8) is 0 Å². The molecule has 2 heterocycles. The zero-order valence-corrected chi connectivity index (χ0v) is 21.5. The number of nitrogens with one attached hydrogen (secondary N) is 1. The number of hydrogen-bond donors (Lipinski definition) is 1. The van der Waals surface area contributed by atoms with Crippen molar-refractivity contribution in [1.29, 1.82) is 0 Å². The van der Waals surface area contributed by atoms with Crippen molar-refractivity contribution in [3.05, 3.63) is 83.0 Å². The van der Waals surface area contributed by atoms with Gasteiger partial charge in [0.15, 0.2) is 0 Å². The Hall–Kier alpha value is -3.75. The van der Waals surface area contributed by atoms with Gasteiger partial charge in [-0.3, -0.25) is 14.9 Å². The summed E-state index contributed by atoms with van der Waals surface area (Å²) in [5, 5.41) is 20.4. The summed E-state index contributed by atoms with van der Waals surface area (Å²) in [7, 11) is 4.97. The minimum atomic E-state index is -0.454. The summed E-state index contributed by atoms with van der Waals surface area (Å²) < 4.78 is 5.49. The van der Waals surface area contributed by atoms with E-state index in [9.17, 15) is 10.0 Å². The van der Waals surface area contributed by atoms with Gasteiger partial charge in [-0.2, -0.15) is 5.10 Å². The molecule has 8 nitrogen and oxygen atoms in total. The lowest BCUT2D eigenvalue weighted by atomic mass is 9.98. The number of hydroxylamine groups is 3. The molecule has 0 bridgehead atoms. The first-order chi connectivity index (χ1) is 17.2. The summed E-state index contributed by atoms with van der Waals surface area (Å²) in [5.41, 5.74) is 5.29. The quantitative estimate of drug-likeness (QED) is 0.262. The van der Waals surface area contributed by atoms with Crippen LogP contribution >= 0.6 is 0 Å². The third kappa shape index (κ3) is 5.56. The van der Waals surface area contributed by atoms with Crippen LogP contribution in [0.25, 0.3) is 22.0 Å². The van der Waals surface area contributed by atoms with Gasteiger partial charge in [0.25, 0.3) is 5.91 Å². The molecule has 1 atom stereocenters. The van der Waals surface area contributed by atoms with E-state index in [1.165, 1.54) is 0 Å². The van der Waals surface area contributed by atoms with Crippen LogP contribution < -0.4 is 4.74 Å². The predicted molar refractivity (Wildman–Crippen MR) is 141 cm³/mol. The van der Waals surface area contributed by atoms with Gasteiger partial charge >= 0.3 is 0 Å². The molecule has 188 valence electrons. The van der Waals surface area contributed by atoms with Crippen LogP contribution in [0.1, 0.15) is 40.9 Å². The molecule has 0 fully saturated rings. The Morgan fingerprint density at radius 2 is 1.97 bits per heavy atom. The first-order valence-corrected chi connectivity index (χ1v) is 12.1. The highest BCUT2D eigenvalue weighted by Crippen LogP contribution is 2.34. The molecular formula is C28H33N5O3. The average Bonchev–Trinajstić information content (AvgIpc) is 3.33. The third-order valence-corrected chi connectivity index (χ3v) is 6.33. The summed E-state index contributed by atoms with van der Waals surface area (Å²) in [4.78, 5) is 19.8. The van der Waals surface area contributed by atoms with E-state index >= 15 is 0 Å². The second kappa shape index (κ2) is 10.5. The molecule has 0 aliphatic rings. The summed E-state index contributed by atoms with van der Waals surface area (Å²) >= 11 is 0. The van der Waals surface area contributed by atoms with Gasteiger partial charge in [-0.15, -0.1) is 0 Å². The molecule has 4 aromatic rings. The SMILES string of the molecule is CCOc1cc(C(=O)N(C)[C@H](CC[N+](C)(C)[O-])c2cncc3cn[nH]c23)ccc1-c1cccc(C)c1. The summed E-state index contributed by atoms with van der Waals surface area (Å²) in [6, 6.07) is 13.4. The van der Waals surface area contributed by atoms with Crippen LogP contribution in [0.2, 0.25) is 0 Å². The van der Waals surface area contributed by atoms with Crippen LogP contribution in [-0.2, 0) is 0 Å². The molecule has 0 spiro atoms. The van der Waals surface area contributed by atoms with Gasteiger partial charge in [-0.05, 0) is 37.6 Å². The second-order valence-electron chi connectivity index (χ2n) is 9.59. The number of amides is 1. The maximum Gasteiger partial charge on any atom is 0.254 e. The Labute approximate surface area is 211 Å². The predicted octanol–water partition coefficient (Wildman–Crippen LogP) is 5.11. The topological polar surface area (TPSA) is 94.2 Å². The first-order valence-electron chi connectivity index (χ1n) is 12.1. The number of rotatable bonds is 9. The highest BCUT2D eigenvalue weighted by Gasteiger charge is 2.27. The number of carbonyl (C=O) groups excluding carboxylic acids is 1. The van der Waals surface area contributed by atoms with Crippen molar-refractivity contribution >= 4 is 16.8 Å². The van der Waals surface area contributed by atoms with Gasteiger partial charge in [-0.25, -0.2) is 0 Å². The highest BCUT2D eigenvalue weighted by molar-refractivity contribution is 5.96. The lowest BCUT2D eigenvalue weighted by Gasteiger charge is -2.37. The van der Waals surface area contributed by atoms with Gasteiger partial charge in [0.2, 0.25) is 0 Å². The molecule has 36 heavy (non-hydrogen) atoms. The largest absolute Gasteiger partial charge is 0.633 e. The van der Waals surface area contributed by atoms with Crippen LogP contribution in [0.4, 0.5) is 0 Å². The fourth-order valence-electron chi connectivity index (χ4n) is 4.46. The zero-order valence-electron chi connectivity index (χ0n) is 21.5. The summed E-state index contributed by atoms with van der Waals surface area (Å²) in [5.74, 6) is 0.498. The van der Waals surface area contributed by atoms with E-state index in [0.717, 1.165) is 33.2 Å². The minimum Gasteiger partial charge on any atom is -0.633 e. The number of aromatic amines is 1. The van der Waals surface area contributed by atoms with Crippen LogP contribution in [0.3, 0.4) is 0 Å². The minimum absolute atomic E-state index is 0.163. The summed E-state index contributed by atoms with van der Waals surface area (Å²) in [6.45, 7) is 4.80. The molecule has 1 amide bonds. The standard InChI is InChI=1S/C28H33N5O3/c1-6-36-26-15-21(10-11-23(26)20-9-7-8-19(2)14-20)28(34)32(3)25(12-13-33(4,5)35)24-18-29-16-22-17-30-31-27(22)24/h7-11,14-18,25H,6,12-13H2,1-5H3,(H,30,31)/t25-/m1/s1. The van der Waals surface area contributed by atoms with E-state index < -0.39 is 4.65 Å². The Bertz CT molecular complexity index is 1360. The van der Waals surface area contributed by atoms with Gasteiger partial charge in [0.1, 0.15) is 5.75 Å². The van der Waals surface area contributed by atoms with Crippen molar-refractivity contribution in [3.8, 4) is 16.9 Å². The number of H-pyrrole nitrogens is 1. The molecule has 1 N–H and O–H groups in total. The van der Waals surface area contributed by atoms with Crippen molar-refractivity contribution in [1.82, 2.24) is 20.1 Å². The molecular weight excluding hydrogens is 454 g/mol. The molecule has 2 aromatic heterocycles. The first kappa shape index (κ1) is 25.3. The van der Waals surface area contributed by atoms with Crippen LogP contribution in [0.15, 0.2) is 61.1 Å². The number of benzene rings is 2. The average molecular weight is 488 g/mol. The number of pyridine rings is 1. The lowest BCUT2D eigenvalue weighted by molar-refractivity contribution is -0.840. The number of nitrogens with zero attached hydrogens (tertiary/aromatic N) is 4. The summed E-state index contributed by atoms with van der Waals surface area (Å²) in [6.07, 6.45) is 5.65. The molecule has 0 saturated heterocycles. The van der Waals surface area contributed by atoms with E-state index in [0.29, 0.717) is 30.9 Å². The Balaban J connectivity index is 1.71. The molecule has 0 radical (unpaired) electrons. The fraction of sp³-hybridized carbons (Fsp3) is 0.321. The molecule has 4 rings (SSSR count). The van der Waals surface area contributed by atoms with Gasteiger partial charge in [0, 0.05) is 47.9 Å². The van der Waals surface area contributed by atoms with E-state index in [-0.39, 0.29) is 11.9 Å². The van der Waals surface area contributed by atoms with Crippen molar-refractivity contribution in [2.75, 3.05) is 34.3 Å². The molecule has 0 unspecified atom stereocenters. The van der Waals surface area contributed by atoms with Crippen molar-refractivity contribution in [2.45, 2.75) is 26.3 Å². The van der Waals surface area contributed by atoms with Crippen molar-refractivity contribution < 1.29 is 14.2 Å². The smallest absolute Gasteiger partial charge is 0.254 e.